The molecule has 0 saturated heterocycles. The molecule has 0 aliphatic rings. The number of anilines is 1. The summed E-state index contributed by atoms with van der Waals surface area (Å²) in [6, 6.07) is 14.2. The SMILES string of the molecule is CCC(=O)Nc1cccc(C(=O)/C=C/c2ccccc2Cl)c1. The summed E-state index contributed by atoms with van der Waals surface area (Å²) in [5, 5.41) is 3.33. The summed E-state index contributed by atoms with van der Waals surface area (Å²) < 4.78 is 0. The van der Waals surface area contributed by atoms with Crippen LogP contribution >= 0.6 is 11.6 Å². The van der Waals surface area contributed by atoms with Gasteiger partial charge in [-0.3, -0.25) is 9.59 Å². The highest BCUT2D eigenvalue weighted by Crippen LogP contribution is 2.17. The molecule has 0 atom stereocenters. The van der Waals surface area contributed by atoms with Crippen molar-refractivity contribution in [3.8, 4) is 0 Å². The standard InChI is InChI=1S/C18H16ClNO2/c1-2-18(22)20-15-8-5-7-14(12-15)17(21)11-10-13-6-3-4-9-16(13)19/h3-12H,2H2,1H3,(H,20,22)/b11-10+. The van der Waals surface area contributed by atoms with Crippen molar-refractivity contribution >= 4 is 35.1 Å². The summed E-state index contributed by atoms with van der Waals surface area (Å²) >= 11 is 6.04. The summed E-state index contributed by atoms with van der Waals surface area (Å²) in [5.41, 5.74) is 1.91. The van der Waals surface area contributed by atoms with Gasteiger partial charge in [0.1, 0.15) is 0 Å². The number of carbonyl (C=O) groups excluding carboxylic acids is 2. The van der Waals surface area contributed by atoms with Crippen LogP contribution in [0.5, 0.6) is 0 Å². The van der Waals surface area contributed by atoms with E-state index < -0.39 is 0 Å². The van der Waals surface area contributed by atoms with Gasteiger partial charge in [-0.15, -0.1) is 0 Å². The minimum absolute atomic E-state index is 0.0868. The molecule has 0 fully saturated rings. The van der Waals surface area contributed by atoms with E-state index in [0.29, 0.717) is 22.7 Å². The van der Waals surface area contributed by atoms with Crippen LogP contribution in [0.3, 0.4) is 0 Å². The molecule has 0 aromatic heterocycles. The molecular formula is C18H16ClNO2. The quantitative estimate of drug-likeness (QED) is 0.648. The molecule has 0 unspecified atom stereocenters. The predicted molar refractivity (Wildman–Crippen MR) is 90.2 cm³/mol. The first kappa shape index (κ1) is 16.0. The molecule has 0 spiro atoms. The van der Waals surface area contributed by atoms with Crippen LogP contribution in [-0.4, -0.2) is 11.7 Å². The van der Waals surface area contributed by atoms with Crippen molar-refractivity contribution < 1.29 is 9.59 Å². The van der Waals surface area contributed by atoms with Crippen LogP contribution in [-0.2, 0) is 4.79 Å². The maximum Gasteiger partial charge on any atom is 0.224 e. The third-order valence-electron chi connectivity index (χ3n) is 3.07. The lowest BCUT2D eigenvalue weighted by Crippen LogP contribution is -2.09. The first-order valence-corrected chi connectivity index (χ1v) is 7.35. The van der Waals surface area contributed by atoms with Crippen molar-refractivity contribution in [2.24, 2.45) is 0 Å². The highest BCUT2D eigenvalue weighted by molar-refractivity contribution is 6.32. The van der Waals surface area contributed by atoms with E-state index in [9.17, 15) is 9.59 Å². The third-order valence-corrected chi connectivity index (χ3v) is 3.42. The molecule has 4 heteroatoms. The fourth-order valence-electron chi connectivity index (χ4n) is 1.87. The van der Waals surface area contributed by atoms with Crippen molar-refractivity contribution in [3.63, 3.8) is 0 Å². The second kappa shape index (κ2) is 7.57. The Hall–Kier alpha value is -2.39. The Balaban J connectivity index is 2.14. The van der Waals surface area contributed by atoms with Gasteiger partial charge in [-0.2, -0.15) is 0 Å². The molecular weight excluding hydrogens is 298 g/mol. The van der Waals surface area contributed by atoms with Crippen molar-refractivity contribution in [2.45, 2.75) is 13.3 Å². The van der Waals surface area contributed by atoms with Crippen LogP contribution < -0.4 is 5.32 Å². The van der Waals surface area contributed by atoms with Gasteiger partial charge in [0.25, 0.3) is 0 Å². The van der Waals surface area contributed by atoms with E-state index in [0.717, 1.165) is 5.56 Å². The van der Waals surface area contributed by atoms with Crippen LogP contribution in [0, 0.1) is 0 Å². The van der Waals surface area contributed by atoms with Gasteiger partial charge in [0.2, 0.25) is 5.91 Å². The molecule has 2 aromatic carbocycles. The molecule has 2 aromatic rings. The van der Waals surface area contributed by atoms with E-state index in [-0.39, 0.29) is 11.7 Å². The Morgan fingerprint density at radius 1 is 1.14 bits per heavy atom. The fraction of sp³-hybridized carbons (Fsp3) is 0.111. The van der Waals surface area contributed by atoms with E-state index in [1.165, 1.54) is 6.08 Å². The van der Waals surface area contributed by atoms with Crippen LogP contribution in [0.25, 0.3) is 6.08 Å². The third kappa shape index (κ3) is 4.30. The largest absolute Gasteiger partial charge is 0.326 e. The van der Waals surface area contributed by atoms with Gasteiger partial charge in [0, 0.05) is 22.7 Å². The Morgan fingerprint density at radius 3 is 2.64 bits per heavy atom. The molecule has 0 radical (unpaired) electrons. The van der Waals surface area contributed by atoms with E-state index in [1.807, 2.05) is 18.2 Å². The zero-order valence-electron chi connectivity index (χ0n) is 12.2. The highest BCUT2D eigenvalue weighted by atomic mass is 35.5. The molecule has 3 nitrogen and oxygen atoms in total. The smallest absolute Gasteiger partial charge is 0.224 e. The van der Waals surface area contributed by atoms with Gasteiger partial charge >= 0.3 is 0 Å². The van der Waals surface area contributed by atoms with Crippen molar-refractivity contribution in [2.75, 3.05) is 5.32 Å². The van der Waals surface area contributed by atoms with Gasteiger partial charge in [0.05, 0.1) is 0 Å². The number of halogens is 1. The second-order valence-electron chi connectivity index (χ2n) is 4.70. The molecule has 1 amide bonds. The minimum atomic E-state index is -0.146. The molecule has 2 rings (SSSR count). The predicted octanol–water partition coefficient (Wildman–Crippen LogP) is 4.58. The summed E-state index contributed by atoms with van der Waals surface area (Å²) in [5.74, 6) is -0.233. The average molecular weight is 314 g/mol. The lowest BCUT2D eigenvalue weighted by molar-refractivity contribution is -0.115. The lowest BCUT2D eigenvalue weighted by Gasteiger charge is -2.04. The number of hydrogen-bond acceptors (Lipinski definition) is 2. The number of allylic oxidation sites excluding steroid dienone is 1. The van der Waals surface area contributed by atoms with Crippen LogP contribution in [0.2, 0.25) is 5.02 Å². The van der Waals surface area contributed by atoms with Crippen LogP contribution in [0.4, 0.5) is 5.69 Å². The van der Waals surface area contributed by atoms with Gasteiger partial charge in [-0.05, 0) is 35.9 Å². The Bertz CT molecular complexity index is 723. The molecule has 0 aliphatic heterocycles. The molecule has 0 heterocycles. The Morgan fingerprint density at radius 2 is 1.91 bits per heavy atom. The number of ketones is 1. The number of amides is 1. The van der Waals surface area contributed by atoms with Gasteiger partial charge in [-0.25, -0.2) is 0 Å². The minimum Gasteiger partial charge on any atom is -0.326 e. The second-order valence-corrected chi connectivity index (χ2v) is 5.11. The fourth-order valence-corrected chi connectivity index (χ4v) is 2.07. The lowest BCUT2D eigenvalue weighted by atomic mass is 10.1. The zero-order valence-corrected chi connectivity index (χ0v) is 12.9. The van der Waals surface area contributed by atoms with E-state index in [4.69, 9.17) is 11.6 Å². The molecule has 22 heavy (non-hydrogen) atoms. The number of rotatable bonds is 5. The van der Waals surface area contributed by atoms with Crippen molar-refractivity contribution in [1.29, 1.82) is 0 Å². The monoisotopic (exact) mass is 313 g/mol. The number of benzene rings is 2. The summed E-state index contributed by atoms with van der Waals surface area (Å²) in [6.45, 7) is 1.77. The zero-order chi connectivity index (χ0) is 15.9. The summed E-state index contributed by atoms with van der Waals surface area (Å²) in [7, 11) is 0. The first-order valence-electron chi connectivity index (χ1n) is 6.97. The summed E-state index contributed by atoms with van der Waals surface area (Å²) in [6.07, 6.45) is 3.55. The Labute approximate surface area is 134 Å². The van der Waals surface area contributed by atoms with E-state index in [1.54, 1.807) is 43.3 Å². The average Bonchev–Trinajstić information content (AvgIpc) is 2.54. The van der Waals surface area contributed by atoms with E-state index in [2.05, 4.69) is 5.32 Å². The van der Waals surface area contributed by atoms with Crippen molar-refractivity contribution in [3.05, 3.63) is 70.8 Å². The molecule has 0 aliphatic carbocycles. The van der Waals surface area contributed by atoms with Crippen molar-refractivity contribution in [1.82, 2.24) is 0 Å². The van der Waals surface area contributed by atoms with Gasteiger partial charge < -0.3 is 5.32 Å². The molecule has 0 saturated carbocycles. The highest BCUT2D eigenvalue weighted by Gasteiger charge is 2.05. The molecule has 112 valence electrons. The van der Waals surface area contributed by atoms with Gasteiger partial charge in [-0.1, -0.05) is 48.9 Å². The number of hydrogen-bond donors (Lipinski definition) is 1. The van der Waals surface area contributed by atoms with Crippen LogP contribution in [0.1, 0.15) is 29.3 Å². The van der Waals surface area contributed by atoms with E-state index >= 15 is 0 Å². The number of nitrogens with one attached hydrogen (secondary N) is 1. The maximum absolute atomic E-state index is 12.2. The van der Waals surface area contributed by atoms with Gasteiger partial charge in [0.15, 0.2) is 5.78 Å². The normalized spacial score (nSPS) is 10.6. The Kier molecular flexibility index (Phi) is 5.50. The summed E-state index contributed by atoms with van der Waals surface area (Å²) in [4.78, 5) is 23.6. The first-order chi connectivity index (χ1) is 10.6. The molecule has 1 N–H and O–H groups in total. The topological polar surface area (TPSA) is 46.2 Å². The molecule has 0 bridgehead atoms. The maximum atomic E-state index is 12.2. The van der Waals surface area contributed by atoms with Crippen LogP contribution in [0.15, 0.2) is 54.6 Å². The number of carbonyl (C=O) groups is 2.